The van der Waals surface area contributed by atoms with Gasteiger partial charge in [-0.05, 0) is 5.92 Å². The van der Waals surface area contributed by atoms with Gasteiger partial charge in [0.05, 0.1) is 5.60 Å². The van der Waals surface area contributed by atoms with Crippen molar-refractivity contribution in [3.05, 3.63) is 0 Å². The highest BCUT2D eigenvalue weighted by atomic mass is 32.2. The molecule has 0 spiro atoms. The summed E-state index contributed by atoms with van der Waals surface area (Å²) in [5.74, 6) is -2.34. The van der Waals surface area contributed by atoms with Crippen LogP contribution < -0.4 is 0 Å². The standard InChI is InChI=1S/C8H15NO5S/c1-6(2)8(12)4-9(5-8)15(13,14)3-7(10)11/h6,12H,3-5H2,1-2H3,(H,10,11). The first-order chi connectivity index (χ1) is 6.67. The third-order valence-corrected chi connectivity index (χ3v) is 4.33. The third-order valence-electron chi connectivity index (χ3n) is 2.67. The van der Waals surface area contributed by atoms with E-state index in [2.05, 4.69) is 0 Å². The first-order valence-electron chi connectivity index (χ1n) is 4.59. The van der Waals surface area contributed by atoms with Gasteiger partial charge in [-0.3, -0.25) is 4.79 Å². The number of carboxylic acids is 1. The first kappa shape index (κ1) is 12.4. The summed E-state index contributed by atoms with van der Waals surface area (Å²) < 4.78 is 23.7. The highest BCUT2D eigenvalue weighted by molar-refractivity contribution is 7.89. The number of rotatable bonds is 4. The van der Waals surface area contributed by atoms with Gasteiger partial charge < -0.3 is 10.2 Å². The molecule has 1 fully saturated rings. The molecule has 1 aliphatic heterocycles. The van der Waals surface area contributed by atoms with Crippen LogP contribution in [0, 0.1) is 5.92 Å². The molecule has 2 N–H and O–H groups in total. The van der Waals surface area contributed by atoms with Gasteiger partial charge in [-0.15, -0.1) is 0 Å². The Kier molecular flexibility index (Phi) is 3.09. The van der Waals surface area contributed by atoms with Crippen LogP contribution in [0.15, 0.2) is 0 Å². The quantitative estimate of drug-likeness (QED) is 0.661. The monoisotopic (exact) mass is 237 g/mol. The number of aliphatic carboxylic acids is 1. The molecule has 1 saturated heterocycles. The van der Waals surface area contributed by atoms with Crippen LogP contribution in [0.3, 0.4) is 0 Å². The van der Waals surface area contributed by atoms with Crippen LogP contribution >= 0.6 is 0 Å². The average Bonchev–Trinajstić information content (AvgIpc) is 1.95. The topological polar surface area (TPSA) is 94.9 Å². The van der Waals surface area contributed by atoms with E-state index in [0.29, 0.717) is 0 Å². The molecule has 1 rings (SSSR count). The molecule has 0 bridgehead atoms. The minimum atomic E-state index is -3.75. The second-order valence-electron chi connectivity index (χ2n) is 4.18. The van der Waals surface area contributed by atoms with Crippen LogP contribution in [0.2, 0.25) is 0 Å². The number of carbonyl (C=O) groups is 1. The fourth-order valence-corrected chi connectivity index (χ4v) is 2.71. The number of aliphatic hydroxyl groups is 1. The molecule has 0 aromatic carbocycles. The lowest BCUT2D eigenvalue weighted by atomic mass is 9.85. The van der Waals surface area contributed by atoms with E-state index < -0.39 is 27.3 Å². The molecule has 0 aromatic heterocycles. The van der Waals surface area contributed by atoms with Gasteiger partial charge in [-0.1, -0.05) is 13.8 Å². The molecule has 0 unspecified atom stereocenters. The van der Waals surface area contributed by atoms with Gasteiger partial charge >= 0.3 is 5.97 Å². The largest absolute Gasteiger partial charge is 0.480 e. The van der Waals surface area contributed by atoms with Crippen LogP contribution in [0.5, 0.6) is 0 Å². The first-order valence-corrected chi connectivity index (χ1v) is 6.20. The van der Waals surface area contributed by atoms with Crippen LogP contribution in [-0.4, -0.2) is 53.3 Å². The van der Waals surface area contributed by atoms with Gasteiger partial charge in [0, 0.05) is 13.1 Å². The molecule has 15 heavy (non-hydrogen) atoms. The lowest BCUT2D eigenvalue weighted by molar-refractivity contribution is -0.134. The van der Waals surface area contributed by atoms with Crippen molar-refractivity contribution in [1.82, 2.24) is 4.31 Å². The van der Waals surface area contributed by atoms with E-state index in [0.717, 1.165) is 4.31 Å². The summed E-state index contributed by atoms with van der Waals surface area (Å²) in [6, 6.07) is 0. The predicted octanol–water partition coefficient (Wildman–Crippen LogP) is -0.896. The average molecular weight is 237 g/mol. The Morgan fingerprint density at radius 3 is 2.27 bits per heavy atom. The maximum absolute atomic E-state index is 11.4. The highest BCUT2D eigenvalue weighted by Gasteiger charge is 2.48. The fraction of sp³-hybridized carbons (Fsp3) is 0.875. The summed E-state index contributed by atoms with van der Waals surface area (Å²) in [4.78, 5) is 10.3. The minimum Gasteiger partial charge on any atom is -0.480 e. The Balaban J connectivity index is 2.62. The highest BCUT2D eigenvalue weighted by Crippen LogP contribution is 2.30. The van der Waals surface area contributed by atoms with Gasteiger partial charge in [0.15, 0.2) is 5.75 Å². The van der Waals surface area contributed by atoms with Crippen molar-refractivity contribution in [2.24, 2.45) is 5.92 Å². The second-order valence-corrected chi connectivity index (χ2v) is 6.15. The van der Waals surface area contributed by atoms with Crippen molar-refractivity contribution < 1.29 is 23.4 Å². The van der Waals surface area contributed by atoms with Gasteiger partial charge in [0.1, 0.15) is 0 Å². The molecular formula is C8H15NO5S. The second kappa shape index (κ2) is 3.73. The molecule has 1 heterocycles. The Hall–Kier alpha value is -0.660. The van der Waals surface area contributed by atoms with Gasteiger partial charge in [-0.2, -0.15) is 4.31 Å². The molecule has 0 aliphatic carbocycles. The predicted molar refractivity (Wildman–Crippen MR) is 52.8 cm³/mol. The summed E-state index contributed by atoms with van der Waals surface area (Å²) in [6.07, 6.45) is 0. The Morgan fingerprint density at radius 1 is 1.47 bits per heavy atom. The number of hydrogen-bond donors (Lipinski definition) is 2. The van der Waals surface area contributed by atoms with E-state index in [9.17, 15) is 18.3 Å². The molecule has 7 heteroatoms. The number of carboxylic acid groups (broad SMARTS) is 1. The Labute approximate surface area is 88.6 Å². The van der Waals surface area contributed by atoms with Crippen molar-refractivity contribution in [1.29, 1.82) is 0 Å². The number of nitrogens with zero attached hydrogens (tertiary/aromatic N) is 1. The lowest BCUT2D eigenvalue weighted by Gasteiger charge is -2.47. The normalized spacial score (nSPS) is 21.3. The van der Waals surface area contributed by atoms with Crippen molar-refractivity contribution in [2.45, 2.75) is 19.4 Å². The lowest BCUT2D eigenvalue weighted by Crippen LogP contribution is -2.66. The maximum Gasteiger partial charge on any atom is 0.320 e. The number of hydrogen-bond acceptors (Lipinski definition) is 4. The summed E-state index contributed by atoms with van der Waals surface area (Å²) in [7, 11) is -3.75. The van der Waals surface area contributed by atoms with Crippen molar-refractivity contribution in [2.75, 3.05) is 18.8 Å². The van der Waals surface area contributed by atoms with Crippen molar-refractivity contribution in [3.8, 4) is 0 Å². The van der Waals surface area contributed by atoms with Gasteiger partial charge in [0.2, 0.25) is 10.0 Å². The summed E-state index contributed by atoms with van der Waals surface area (Å²) in [5.41, 5.74) is -1.01. The zero-order valence-electron chi connectivity index (χ0n) is 8.67. The van der Waals surface area contributed by atoms with E-state index in [1.54, 1.807) is 13.8 Å². The Bertz CT molecular complexity index is 355. The molecule has 0 atom stereocenters. The van der Waals surface area contributed by atoms with E-state index in [-0.39, 0.29) is 19.0 Å². The molecule has 0 saturated carbocycles. The number of sulfonamides is 1. The summed E-state index contributed by atoms with van der Waals surface area (Å²) in [5, 5.41) is 18.2. The zero-order chi connectivity index (χ0) is 11.9. The Morgan fingerprint density at radius 2 is 1.93 bits per heavy atom. The smallest absolute Gasteiger partial charge is 0.320 e. The van der Waals surface area contributed by atoms with E-state index in [1.807, 2.05) is 0 Å². The molecule has 1 aliphatic rings. The van der Waals surface area contributed by atoms with Crippen LogP contribution in [0.1, 0.15) is 13.8 Å². The molecule has 0 amide bonds. The van der Waals surface area contributed by atoms with E-state index in [4.69, 9.17) is 5.11 Å². The van der Waals surface area contributed by atoms with Crippen LogP contribution in [0.25, 0.3) is 0 Å². The zero-order valence-corrected chi connectivity index (χ0v) is 9.49. The fourth-order valence-electron chi connectivity index (χ4n) is 1.37. The maximum atomic E-state index is 11.4. The summed E-state index contributed by atoms with van der Waals surface area (Å²) in [6.45, 7) is 3.56. The van der Waals surface area contributed by atoms with E-state index >= 15 is 0 Å². The van der Waals surface area contributed by atoms with Crippen molar-refractivity contribution >= 4 is 16.0 Å². The van der Waals surface area contributed by atoms with E-state index in [1.165, 1.54) is 0 Å². The molecule has 88 valence electrons. The SMILES string of the molecule is CC(C)C1(O)CN(S(=O)(=O)CC(=O)O)C1. The molecule has 0 aromatic rings. The van der Waals surface area contributed by atoms with Crippen LogP contribution in [0.4, 0.5) is 0 Å². The van der Waals surface area contributed by atoms with Gasteiger partial charge in [0.25, 0.3) is 0 Å². The van der Waals surface area contributed by atoms with Crippen molar-refractivity contribution in [3.63, 3.8) is 0 Å². The number of β-amino-alcohol motifs (C(OH)–C–C–N with tert-alkyl or cyclic N) is 1. The van der Waals surface area contributed by atoms with Crippen LogP contribution in [-0.2, 0) is 14.8 Å². The minimum absolute atomic E-state index is 0.0136. The van der Waals surface area contributed by atoms with Gasteiger partial charge in [-0.25, -0.2) is 8.42 Å². The third kappa shape index (κ3) is 2.47. The molecule has 0 radical (unpaired) electrons. The summed E-state index contributed by atoms with van der Waals surface area (Å²) >= 11 is 0. The molecule has 6 nitrogen and oxygen atoms in total. The molecular weight excluding hydrogens is 222 g/mol.